The maximum absolute atomic E-state index is 9.87. The van der Waals surface area contributed by atoms with Crippen molar-refractivity contribution in [2.45, 2.75) is 45.4 Å². The van der Waals surface area contributed by atoms with Gasteiger partial charge in [-0.25, -0.2) is 4.98 Å². The van der Waals surface area contributed by atoms with Crippen molar-refractivity contribution in [2.24, 2.45) is 5.41 Å². The van der Waals surface area contributed by atoms with Crippen molar-refractivity contribution in [2.75, 3.05) is 25.1 Å². The highest BCUT2D eigenvalue weighted by Gasteiger charge is 2.34. The summed E-state index contributed by atoms with van der Waals surface area (Å²) in [6, 6.07) is 4.07. The summed E-state index contributed by atoms with van der Waals surface area (Å²) in [7, 11) is 2.09. The molecule has 1 N–H and O–H groups in total. The topological polar surface area (TPSA) is 53.7 Å². The summed E-state index contributed by atoms with van der Waals surface area (Å²) < 4.78 is 1.89. The number of aliphatic hydroxyl groups excluding tert-OH is 1. The predicted octanol–water partition coefficient (Wildman–Crippen LogP) is 2.84. The van der Waals surface area contributed by atoms with Crippen LogP contribution >= 0.6 is 0 Å². The van der Waals surface area contributed by atoms with Crippen molar-refractivity contribution < 1.29 is 5.11 Å². The molecule has 0 aliphatic heterocycles. The van der Waals surface area contributed by atoms with Crippen LogP contribution < -0.4 is 4.90 Å². The molecule has 120 valence electrons. The van der Waals surface area contributed by atoms with E-state index in [0.717, 1.165) is 36.5 Å². The first-order valence-electron chi connectivity index (χ1n) is 8.21. The first kappa shape index (κ1) is 15.3. The molecule has 1 aliphatic carbocycles. The minimum absolute atomic E-state index is 0.0372. The summed E-state index contributed by atoms with van der Waals surface area (Å²) >= 11 is 0. The Bertz CT molecular complexity index is 643. The number of fused-ring (bicyclic) bond motifs is 1. The van der Waals surface area contributed by atoms with Gasteiger partial charge in [-0.15, -0.1) is 0 Å². The van der Waals surface area contributed by atoms with Gasteiger partial charge in [-0.05, 0) is 18.8 Å². The van der Waals surface area contributed by atoms with E-state index in [1.165, 1.54) is 12.8 Å². The Hall–Kier alpha value is -1.62. The quantitative estimate of drug-likeness (QED) is 0.923. The molecule has 22 heavy (non-hydrogen) atoms. The SMILES string of the molecule is CC(C)c1cc(N(C)CC2(CO)CCCC2)n2nccc2n1. The molecule has 0 aromatic carbocycles. The third-order valence-electron chi connectivity index (χ3n) is 4.92. The van der Waals surface area contributed by atoms with E-state index in [1.54, 1.807) is 6.20 Å². The number of nitrogens with zero attached hydrogens (tertiary/aromatic N) is 4. The lowest BCUT2D eigenvalue weighted by atomic mass is 9.86. The molecule has 0 saturated heterocycles. The van der Waals surface area contributed by atoms with Crippen molar-refractivity contribution in [3.63, 3.8) is 0 Å². The van der Waals surface area contributed by atoms with Gasteiger partial charge in [0.1, 0.15) is 5.82 Å². The minimum Gasteiger partial charge on any atom is -0.396 e. The van der Waals surface area contributed by atoms with Crippen molar-refractivity contribution in [1.82, 2.24) is 14.6 Å². The van der Waals surface area contributed by atoms with Gasteiger partial charge in [0, 0.05) is 36.8 Å². The summed E-state index contributed by atoms with van der Waals surface area (Å²) in [6.07, 6.45) is 6.45. The lowest BCUT2D eigenvalue weighted by molar-refractivity contribution is 0.136. The molecule has 2 aromatic rings. The maximum atomic E-state index is 9.87. The molecule has 0 amide bonds. The van der Waals surface area contributed by atoms with E-state index in [4.69, 9.17) is 0 Å². The van der Waals surface area contributed by atoms with Gasteiger partial charge in [-0.1, -0.05) is 26.7 Å². The van der Waals surface area contributed by atoms with E-state index in [1.807, 2.05) is 10.6 Å². The zero-order valence-electron chi connectivity index (χ0n) is 13.8. The molecule has 1 aliphatic rings. The normalized spacial score (nSPS) is 17.5. The van der Waals surface area contributed by atoms with Gasteiger partial charge in [-0.3, -0.25) is 0 Å². The average molecular weight is 302 g/mol. The fourth-order valence-electron chi connectivity index (χ4n) is 3.56. The summed E-state index contributed by atoms with van der Waals surface area (Å²) in [5, 5.41) is 14.3. The summed E-state index contributed by atoms with van der Waals surface area (Å²) in [5.41, 5.74) is 2.01. The zero-order valence-corrected chi connectivity index (χ0v) is 13.8. The van der Waals surface area contributed by atoms with Crippen LogP contribution in [-0.2, 0) is 0 Å². The lowest BCUT2D eigenvalue weighted by Gasteiger charge is -2.33. The largest absolute Gasteiger partial charge is 0.396 e. The fraction of sp³-hybridized carbons (Fsp3) is 0.647. The molecule has 0 bridgehead atoms. The highest BCUT2D eigenvalue weighted by atomic mass is 16.3. The standard InChI is InChI=1S/C17H26N4O/c1-13(2)14-10-16(21-15(19-14)6-9-18-21)20(3)11-17(12-22)7-4-5-8-17/h6,9-10,13,22H,4-5,7-8,11-12H2,1-3H3. The number of hydrogen-bond donors (Lipinski definition) is 1. The smallest absolute Gasteiger partial charge is 0.157 e. The van der Waals surface area contributed by atoms with Crippen LogP contribution in [0.1, 0.15) is 51.1 Å². The molecule has 1 saturated carbocycles. The third kappa shape index (κ3) is 2.70. The Kier molecular flexibility index (Phi) is 4.08. The van der Waals surface area contributed by atoms with Gasteiger partial charge < -0.3 is 10.0 Å². The second kappa shape index (κ2) is 5.88. The van der Waals surface area contributed by atoms with Crippen LogP contribution in [-0.4, -0.2) is 39.9 Å². The Labute approximate surface area is 132 Å². The van der Waals surface area contributed by atoms with Crippen LogP contribution in [0, 0.1) is 5.41 Å². The molecule has 0 spiro atoms. The Balaban J connectivity index is 1.95. The van der Waals surface area contributed by atoms with Gasteiger partial charge in [0.2, 0.25) is 0 Å². The molecule has 5 heteroatoms. The van der Waals surface area contributed by atoms with Crippen molar-refractivity contribution in [3.05, 3.63) is 24.0 Å². The van der Waals surface area contributed by atoms with Crippen LogP contribution in [0.15, 0.2) is 18.3 Å². The molecule has 1 fully saturated rings. The summed E-state index contributed by atoms with van der Waals surface area (Å²) in [6.45, 7) is 5.44. The van der Waals surface area contributed by atoms with Crippen molar-refractivity contribution >= 4 is 11.5 Å². The molecule has 2 heterocycles. The van der Waals surface area contributed by atoms with Crippen molar-refractivity contribution in [3.8, 4) is 0 Å². The Morgan fingerprint density at radius 1 is 1.36 bits per heavy atom. The molecule has 0 atom stereocenters. The van der Waals surface area contributed by atoms with E-state index < -0.39 is 0 Å². The van der Waals surface area contributed by atoms with Crippen molar-refractivity contribution in [1.29, 1.82) is 0 Å². The van der Waals surface area contributed by atoms with Gasteiger partial charge >= 0.3 is 0 Å². The van der Waals surface area contributed by atoms with Gasteiger partial charge in [0.25, 0.3) is 0 Å². The monoisotopic (exact) mass is 302 g/mol. The maximum Gasteiger partial charge on any atom is 0.157 e. The molecule has 0 radical (unpaired) electrons. The van der Waals surface area contributed by atoms with E-state index in [-0.39, 0.29) is 12.0 Å². The van der Waals surface area contributed by atoms with Crippen LogP contribution in [0.3, 0.4) is 0 Å². The van der Waals surface area contributed by atoms with Crippen LogP contribution in [0.2, 0.25) is 0 Å². The molecule has 0 unspecified atom stereocenters. The molecular formula is C17H26N4O. The van der Waals surface area contributed by atoms with Crippen LogP contribution in [0.4, 0.5) is 5.82 Å². The van der Waals surface area contributed by atoms with Gasteiger partial charge in [0.15, 0.2) is 5.65 Å². The summed E-state index contributed by atoms with van der Waals surface area (Å²) in [4.78, 5) is 6.90. The van der Waals surface area contributed by atoms with Gasteiger partial charge in [-0.2, -0.15) is 9.61 Å². The average Bonchev–Trinajstić information content (AvgIpc) is 3.15. The Morgan fingerprint density at radius 3 is 2.73 bits per heavy atom. The van der Waals surface area contributed by atoms with Gasteiger partial charge in [0.05, 0.1) is 12.8 Å². The molecule has 5 nitrogen and oxygen atoms in total. The van der Waals surface area contributed by atoms with Crippen LogP contribution in [0.25, 0.3) is 5.65 Å². The molecular weight excluding hydrogens is 276 g/mol. The third-order valence-corrected chi connectivity index (χ3v) is 4.92. The number of hydrogen-bond acceptors (Lipinski definition) is 4. The number of anilines is 1. The predicted molar refractivity (Wildman–Crippen MR) is 88.3 cm³/mol. The number of aliphatic hydroxyl groups is 1. The Morgan fingerprint density at radius 2 is 2.09 bits per heavy atom. The van der Waals surface area contributed by atoms with E-state index in [9.17, 15) is 5.11 Å². The highest BCUT2D eigenvalue weighted by molar-refractivity contribution is 5.51. The second-order valence-corrected chi connectivity index (χ2v) is 7.02. The molecule has 3 rings (SSSR count). The van der Waals surface area contributed by atoms with E-state index in [2.05, 4.69) is 41.9 Å². The highest BCUT2D eigenvalue weighted by Crippen LogP contribution is 2.39. The number of rotatable bonds is 5. The van der Waals surface area contributed by atoms with E-state index >= 15 is 0 Å². The van der Waals surface area contributed by atoms with Crippen LogP contribution in [0.5, 0.6) is 0 Å². The summed E-state index contributed by atoms with van der Waals surface area (Å²) in [5.74, 6) is 1.43. The lowest BCUT2D eigenvalue weighted by Crippen LogP contribution is -2.37. The number of aromatic nitrogens is 3. The minimum atomic E-state index is 0.0372. The van der Waals surface area contributed by atoms with E-state index in [0.29, 0.717) is 5.92 Å². The second-order valence-electron chi connectivity index (χ2n) is 7.02. The molecule has 2 aromatic heterocycles. The zero-order chi connectivity index (χ0) is 15.7. The first-order valence-corrected chi connectivity index (χ1v) is 8.21. The fourth-order valence-corrected chi connectivity index (χ4v) is 3.56. The first-order chi connectivity index (χ1) is 10.5.